The third-order valence-electron chi connectivity index (χ3n) is 4.10. The molecule has 0 bridgehead atoms. The van der Waals surface area contributed by atoms with Crippen molar-refractivity contribution in [1.29, 1.82) is 0 Å². The van der Waals surface area contributed by atoms with Crippen LogP contribution in [0.25, 0.3) is 0 Å². The second-order valence-corrected chi connectivity index (χ2v) is 6.19. The first kappa shape index (κ1) is 27.5. The first-order valence-corrected chi connectivity index (χ1v) is 9.86. The second kappa shape index (κ2) is 14.5. The molecule has 0 atom stereocenters. The number of hydrogen-bond acceptors (Lipinski definition) is 5. The number of hydrogen-bond donors (Lipinski definition) is 1. The molecule has 166 valence electrons. The lowest BCUT2D eigenvalue weighted by molar-refractivity contribution is -0.191. The van der Waals surface area contributed by atoms with Gasteiger partial charge < -0.3 is 10.1 Å². The van der Waals surface area contributed by atoms with Gasteiger partial charge in [0.2, 0.25) is 0 Å². The second-order valence-electron chi connectivity index (χ2n) is 6.19. The third kappa shape index (κ3) is 8.41. The summed E-state index contributed by atoms with van der Waals surface area (Å²) in [6, 6.07) is 10.9. The largest absolute Gasteiger partial charge is 0.495 e. The lowest BCUT2D eigenvalue weighted by atomic mass is 10.0. The van der Waals surface area contributed by atoms with Crippen LogP contribution in [0.2, 0.25) is 0 Å². The molecule has 0 aliphatic heterocycles. The highest BCUT2D eigenvalue weighted by atomic mass is 19.1. The van der Waals surface area contributed by atoms with E-state index in [9.17, 15) is 4.39 Å². The molecule has 0 radical (unpaired) electrons. The highest BCUT2D eigenvalue weighted by Gasteiger charge is 2.11. The van der Waals surface area contributed by atoms with Crippen LogP contribution in [-0.4, -0.2) is 19.0 Å². The highest BCUT2D eigenvalue weighted by Crippen LogP contribution is 2.28. The summed E-state index contributed by atoms with van der Waals surface area (Å²) in [5, 5.41) is 3.25. The molecule has 2 aromatic carbocycles. The van der Waals surface area contributed by atoms with Crippen LogP contribution >= 0.6 is 0 Å². The molecule has 6 heteroatoms. The van der Waals surface area contributed by atoms with Gasteiger partial charge in [-0.1, -0.05) is 44.7 Å². The molecular weight excluding hydrogens is 395 g/mol. The van der Waals surface area contributed by atoms with Gasteiger partial charge in [-0.15, -0.1) is 0 Å². The van der Waals surface area contributed by atoms with Gasteiger partial charge in [-0.3, -0.25) is 4.99 Å². The number of halogens is 1. The molecule has 0 fully saturated rings. The van der Waals surface area contributed by atoms with Crippen LogP contribution in [0.1, 0.15) is 44.4 Å². The average molecular weight is 427 g/mol. The summed E-state index contributed by atoms with van der Waals surface area (Å²) in [5.41, 5.74) is 5.15. The number of nitrogens with one attached hydrogen (secondary N) is 1. The summed E-state index contributed by atoms with van der Waals surface area (Å²) in [7, 11) is 1.62. The van der Waals surface area contributed by atoms with E-state index in [1.165, 1.54) is 6.07 Å². The molecule has 0 aromatic heterocycles. The van der Waals surface area contributed by atoms with Crippen molar-refractivity contribution >= 4 is 17.6 Å². The fourth-order valence-electron chi connectivity index (χ4n) is 2.78. The monoisotopic (exact) mass is 426 g/mol. The average Bonchev–Trinajstić information content (AvgIpc) is 2.74. The van der Waals surface area contributed by atoms with Gasteiger partial charge in [0.25, 0.3) is 0 Å². The van der Waals surface area contributed by atoms with Crippen molar-refractivity contribution in [1.82, 2.24) is 0 Å². The number of benzene rings is 2. The van der Waals surface area contributed by atoms with E-state index in [0.29, 0.717) is 22.7 Å². The van der Waals surface area contributed by atoms with E-state index >= 15 is 0 Å². The van der Waals surface area contributed by atoms with Gasteiger partial charge in [0.15, 0.2) is 0 Å². The Morgan fingerprint density at radius 1 is 1.19 bits per heavy atom. The van der Waals surface area contributed by atoms with Crippen LogP contribution in [0.5, 0.6) is 5.75 Å². The van der Waals surface area contributed by atoms with Crippen LogP contribution < -0.4 is 10.1 Å². The van der Waals surface area contributed by atoms with Gasteiger partial charge in [0.05, 0.1) is 24.2 Å². The summed E-state index contributed by atoms with van der Waals surface area (Å²) < 4.78 is 19.6. The van der Waals surface area contributed by atoms with Gasteiger partial charge in [-0.25, -0.2) is 4.39 Å². The first-order valence-electron chi connectivity index (χ1n) is 9.86. The molecule has 0 unspecified atom stereocenters. The molecule has 0 spiro atoms. The molecule has 5 nitrogen and oxygen atoms in total. The lowest BCUT2D eigenvalue weighted by Gasteiger charge is -2.15. The number of ether oxygens (including phenoxy) is 1. The van der Waals surface area contributed by atoms with Gasteiger partial charge >= 0.3 is 6.15 Å². The van der Waals surface area contributed by atoms with Gasteiger partial charge in [0, 0.05) is 11.3 Å². The predicted octanol–water partition coefficient (Wildman–Crippen LogP) is 6.23. The SMILES string of the molecule is C=C(Nc1cc(C)ccc1OC)/C(=C/C)N=C(C)c1c(C)cccc1F.CC.O=C=O. The fraction of sp³-hybridized carbons (Fsp3) is 0.280. The van der Waals surface area contributed by atoms with Crippen molar-refractivity contribution in [3.63, 3.8) is 0 Å². The maximum absolute atomic E-state index is 14.2. The van der Waals surface area contributed by atoms with E-state index in [-0.39, 0.29) is 12.0 Å². The number of aliphatic imine (C=N–C) groups is 1. The van der Waals surface area contributed by atoms with E-state index in [0.717, 1.165) is 22.6 Å². The summed E-state index contributed by atoms with van der Waals surface area (Å²) in [6.45, 7) is 15.6. The Morgan fingerprint density at radius 2 is 1.81 bits per heavy atom. The Bertz CT molecular complexity index is 952. The summed E-state index contributed by atoms with van der Waals surface area (Å²) in [6.07, 6.45) is 2.09. The number of rotatable bonds is 6. The normalized spacial score (nSPS) is 10.6. The molecule has 0 heterocycles. The van der Waals surface area contributed by atoms with Crippen molar-refractivity contribution < 1.29 is 18.7 Å². The zero-order chi connectivity index (χ0) is 24.0. The van der Waals surface area contributed by atoms with Crippen molar-refractivity contribution in [3.8, 4) is 5.75 Å². The number of anilines is 1. The molecule has 31 heavy (non-hydrogen) atoms. The lowest BCUT2D eigenvalue weighted by Crippen LogP contribution is -2.06. The first-order chi connectivity index (χ1) is 14.8. The standard InChI is InChI=1S/C22H25FN2O.C2H6.CO2/c1-7-19(25-17(5)22-15(3)9-8-10-18(22)23)16(4)24-20-13-14(2)11-12-21(20)26-6;1-2;2-1-3/h7-13,24H,4H2,1-3,5-6H3;1-2H3;/b19-7-,25-17?;;. The van der Waals surface area contributed by atoms with Gasteiger partial charge in [0.1, 0.15) is 11.6 Å². The molecule has 2 rings (SSSR count). The smallest absolute Gasteiger partial charge is 0.373 e. The van der Waals surface area contributed by atoms with Crippen molar-refractivity contribution in [2.75, 3.05) is 12.4 Å². The highest BCUT2D eigenvalue weighted by molar-refractivity contribution is 6.01. The minimum Gasteiger partial charge on any atom is -0.495 e. The fourth-order valence-corrected chi connectivity index (χ4v) is 2.78. The quantitative estimate of drug-likeness (QED) is 0.439. The summed E-state index contributed by atoms with van der Waals surface area (Å²) in [4.78, 5) is 20.8. The predicted molar refractivity (Wildman–Crippen MR) is 124 cm³/mol. The summed E-state index contributed by atoms with van der Waals surface area (Å²) >= 11 is 0. The number of allylic oxidation sites excluding steroid dienone is 1. The van der Waals surface area contributed by atoms with Crippen LogP contribution in [-0.2, 0) is 9.59 Å². The topological polar surface area (TPSA) is 67.8 Å². The number of methoxy groups -OCH3 is 1. The Morgan fingerprint density at radius 3 is 2.32 bits per heavy atom. The van der Waals surface area contributed by atoms with Crippen LogP contribution in [0.3, 0.4) is 0 Å². The Kier molecular flexibility index (Phi) is 12.8. The number of carbonyl (C=O) groups excluding carboxylic acids is 2. The zero-order valence-corrected chi connectivity index (χ0v) is 19.3. The van der Waals surface area contributed by atoms with E-state index in [4.69, 9.17) is 14.3 Å². The van der Waals surface area contributed by atoms with E-state index in [2.05, 4.69) is 16.9 Å². The minimum absolute atomic E-state index is 0.250. The Balaban J connectivity index is 0.00000165. The Hall–Kier alpha value is -3.50. The molecule has 0 saturated heterocycles. The van der Waals surface area contributed by atoms with Gasteiger partial charge in [-0.05, 0) is 57.0 Å². The third-order valence-corrected chi connectivity index (χ3v) is 4.10. The van der Waals surface area contributed by atoms with Crippen molar-refractivity contribution in [2.24, 2.45) is 4.99 Å². The maximum Gasteiger partial charge on any atom is 0.373 e. The molecular formula is C25H31FN2O3. The van der Waals surface area contributed by atoms with E-state index in [1.807, 2.05) is 65.0 Å². The van der Waals surface area contributed by atoms with Crippen molar-refractivity contribution in [3.05, 3.63) is 83.0 Å². The van der Waals surface area contributed by atoms with Crippen molar-refractivity contribution in [2.45, 2.75) is 41.5 Å². The van der Waals surface area contributed by atoms with Crippen LogP contribution in [0, 0.1) is 19.7 Å². The van der Waals surface area contributed by atoms with E-state index in [1.54, 1.807) is 20.1 Å². The van der Waals surface area contributed by atoms with E-state index < -0.39 is 0 Å². The number of aryl methyl sites for hydroxylation is 2. The minimum atomic E-state index is -0.277. The molecule has 0 aliphatic rings. The molecule has 0 saturated carbocycles. The summed E-state index contributed by atoms with van der Waals surface area (Å²) in [5.74, 6) is 0.443. The Labute approximate surface area is 184 Å². The van der Waals surface area contributed by atoms with Crippen LogP contribution in [0.15, 0.2) is 65.4 Å². The molecule has 0 aliphatic carbocycles. The van der Waals surface area contributed by atoms with Gasteiger partial charge in [-0.2, -0.15) is 9.59 Å². The molecule has 0 amide bonds. The molecule has 1 N–H and O–H groups in total. The zero-order valence-electron chi connectivity index (χ0n) is 19.3. The maximum atomic E-state index is 14.2. The number of nitrogens with zero attached hydrogens (tertiary/aromatic N) is 1. The molecule has 2 aromatic rings. The van der Waals surface area contributed by atoms with Crippen LogP contribution in [0.4, 0.5) is 10.1 Å².